The van der Waals surface area contributed by atoms with Gasteiger partial charge in [0.25, 0.3) is 30.4 Å². The minimum Gasteiger partial charge on any atom is -1.00 e. The Balaban J connectivity index is 0.00000160. The SMILES string of the molecule is O=S(=O)(O)c1ccc2ccc3c(S(=O)(=O)O)ccc4c(S(=O)(=O)O)cc1c2c34.[H-].[Na+]. The molecule has 0 fully saturated rings. The maximum atomic E-state index is 11.9. The van der Waals surface area contributed by atoms with Gasteiger partial charge in [-0.25, -0.2) is 0 Å². The second kappa shape index (κ2) is 6.83. The van der Waals surface area contributed by atoms with Crippen LogP contribution in [-0.2, 0) is 30.4 Å². The van der Waals surface area contributed by atoms with E-state index in [0.717, 1.165) is 24.3 Å². The summed E-state index contributed by atoms with van der Waals surface area (Å²) in [6.45, 7) is 0. The Morgan fingerprint density at radius 2 is 0.966 bits per heavy atom. The maximum absolute atomic E-state index is 11.9. The van der Waals surface area contributed by atoms with Crippen LogP contribution in [0.15, 0.2) is 57.2 Å². The van der Waals surface area contributed by atoms with Crippen molar-refractivity contribution in [2.45, 2.75) is 14.7 Å². The van der Waals surface area contributed by atoms with E-state index in [9.17, 15) is 38.9 Å². The second-order valence-corrected chi connectivity index (χ2v) is 10.3. The molecular weight excluding hydrogens is 455 g/mol. The van der Waals surface area contributed by atoms with Crippen LogP contribution >= 0.6 is 0 Å². The molecule has 3 N–H and O–H groups in total. The zero-order valence-corrected chi connectivity index (χ0v) is 19.0. The third-order valence-electron chi connectivity index (χ3n) is 4.50. The molecule has 9 nitrogen and oxygen atoms in total. The molecule has 0 spiro atoms. The fourth-order valence-electron chi connectivity index (χ4n) is 3.46. The van der Waals surface area contributed by atoms with E-state index in [-0.39, 0.29) is 57.9 Å². The molecule has 0 bridgehead atoms. The first-order valence-corrected chi connectivity index (χ1v) is 11.8. The molecule has 29 heavy (non-hydrogen) atoms. The normalized spacial score (nSPS) is 13.2. The van der Waals surface area contributed by atoms with Gasteiger partial charge in [0.15, 0.2) is 0 Å². The Hall–Kier alpha value is -1.35. The van der Waals surface area contributed by atoms with Crippen LogP contribution in [0, 0.1) is 0 Å². The van der Waals surface area contributed by atoms with Crippen LogP contribution in [0.1, 0.15) is 1.43 Å². The van der Waals surface area contributed by atoms with E-state index in [2.05, 4.69) is 0 Å². The third-order valence-corrected chi connectivity index (χ3v) is 7.21. The van der Waals surface area contributed by atoms with Gasteiger partial charge >= 0.3 is 29.6 Å². The third kappa shape index (κ3) is 3.54. The van der Waals surface area contributed by atoms with Gasteiger partial charge in [0.2, 0.25) is 0 Å². The van der Waals surface area contributed by atoms with Crippen molar-refractivity contribution in [1.29, 1.82) is 0 Å². The van der Waals surface area contributed by atoms with Crippen molar-refractivity contribution in [1.82, 2.24) is 0 Å². The number of hydrogen-bond acceptors (Lipinski definition) is 6. The summed E-state index contributed by atoms with van der Waals surface area (Å²) in [4.78, 5) is -1.81. The minimum atomic E-state index is -4.85. The Kier molecular flexibility index (Phi) is 5.26. The molecule has 0 atom stereocenters. The van der Waals surface area contributed by atoms with E-state index in [1.165, 1.54) is 18.2 Å². The van der Waals surface area contributed by atoms with Gasteiger partial charge in [-0.05, 0) is 29.0 Å². The Morgan fingerprint density at radius 1 is 0.552 bits per heavy atom. The Labute approximate surface area is 188 Å². The van der Waals surface area contributed by atoms with Crippen LogP contribution in [0.4, 0.5) is 0 Å². The van der Waals surface area contributed by atoms with E-state index in [1.807, 2.05) is 0 Å². The first kappa shape index (κ1) is 22.3. The smallest absolute Gasteiger partial charge is 1.00 e. The molecule has 4 rings (SSSR count). The van der Waals surface area contributed by atoms with Gasteiger partial charge in [-0.1, -0.05) is 24.3 Å². The maximum Gasteiger partial charge on any atom is 1.00 e. The minimum absolute atomic E-state index is 0. The van der Waals surface area contributed by atoms with Gasteiger partial charge in [-0.3, -0.25) is 13.7 Å². The van der Waals surface area contributed by atoms with Crippen molar-refractivity contribution in [3.63, 3.8) is 0 Å². The molecule has 0 aliphatic heterocycles. The van der Waals surface area contributed by atoms with Crippen molar-refractivity contribution >= 4 is 62.7 Å². The Bertz CT molecular complexity index is 1620. The van der Waals surface area contributed by atoms with Crippen molar-refractivity contribution in [3.05, 3.63) is 42.5 Å². The molecule has 0 amide bonds. The van der Waals surface area contributed by atoms with Gasteiger partial charge < -0.3 is 1.43 Å². The van der Waals surface area contributed by atoms with Crippen molar-refractivity contribution in [2.75, 3.05) is 0 Å². The zero-order valence-electron chi connectivity index (χ0n) is 15.6. The molecule has 13 heteroatoms. The summed E-state index contributed by atoms with van der Waals surface area (Å²) in [6, 6.07) is 8.18. The molecule has 0 aromatic heterocycles. The quantitative estimate of drug-likeness (QED) is 0.204. The molecule has 0 aliphatic rings. The summed E-state index contributed by atoms with van der Waals surface area (Å²) < 4.78 is 99.5. The van der Waals surface area contributed by atoms with Gasteiger partial charge in [-0.2, -0.15) is 25.3 Å². The van der Waals surface area contributed by atoms with Crippen LogP contribution in [0.2, 0.25) is 0 Å². The summed E-state index contributed by atoms with van der Waals surface area (Å²) in [7, 11) is -14.3. The first-order valence-electron chi connectivity index (χ1n) is 7.47. The monoisotopic (exact) mass is 466 g/mol. The van der Waals surface area contributed by atoms with E-state index in [1.54, 1.807) is 0 Å². The van der Waals surface area contributed by atoms with Crippen LogP contribution in [-0.4, -0.2) is 38.9 Å². The molecule has 0 saturated carbocycles. The van der Waals surface area contributed by atoms with E-state index >= 15 is 0 Å². The van der Waals surface area contributed by atoms with E-state index < -0.39 is 45.0 Å². The average molecular weight is 466 g/mol. The molecular formula is C16H11NaO9S3. The van der Waals surface area contributed by atoms with Crippen LogP contribution in [0.5, 0.6) is 0 Å². The Morgan fingerprint density at radius 3 is 1.52 bits per heavy atom. The molecule has 4 aromatic carbocycles. The predicted molar refractivity (Wildman–Crippen MR) is 101 cm³/mol. The molecule has 0 heterocycles. The largest absolute Gasteiger partial charge is 1.00 e. The second-order valence-electron chi connectivity index (χ2n) is 6.11. The summed E-state index contributed by atoms with van der Waals surface area (Å²) in [5.41, 5.74) is 0. The molecule has 0 saturated heterocycles. The predicted octanol–water partition coefficient (Wildman–Crippen LogP) is -0.559. The van der Waals surface area contributed by atoms with Gasteiger partial charge in [0, 0.05) is 21.5 Å². The summed E-state index contributed by atoms with van der Waals surface area (Å²) in [5.74, 6) is 0. The van der Waals surface area contributed by atoms with Crippen molar-refractivity contribution in [2.24, 2.45) is 0 Å². The first-order chi connectivity index (χ1) is 12.8. The molecule has 4 aromatic rings. The van der Waals surface area contributed by atoms with E-state index in [4.69, 9.17) is 0 Å². The fourth-order valence-corrected chi connectivity index (χ4v) is 5.55. The fraction of sp³-hybridized carbons (Fsp3) is 0. The summed E-state index contributed by atoms with van der Waals surface area (Å²) >= 11 is 0. The number of rotatable bonds is 3. The van der Waals surface area contributed by atoms with Gasteiger partial charge in [0.05, 0.1) is 0 Å². The van der Waals surface area contributed by atoms with Crippen molar-refractivity contribution in [3.8, 4) is 0 Å². The van der Waals surface area contributed by atoms with Crippen LogP contribution in [0.3, 0.4) is 0 Å². The summed E-state index contributed by atoms with van der Waals surface area (Å²) in [6.07, 6.45) is 0. The molecule has 148 valence electrons. The summed E-state index contributed by atoms with van der Waals surface area (Å²) in [5, 5.41) is 0.210. The molecule has 0 aliphatic carbocycles. The van der Waals surface area contributed by atoms with Gasteiger partial charge in [-0.15, -0.1) is 0 Å². The van der Waals surface area contributed by atoms with Crippen molar-refractivity contribution < 1.29 is 69.9 Å². The average Bonchev–Trinajstić information content (AvgIpc) is 2.55. The van der Waals surface area contributed by atoms with Gasteiger partial charge in [0.1, 0.15) is 14.7 Å². The van der Waals surface area contributed by atoms with Crippen LogP contribution < -0.4 is 29.6 Å². The zero-order chi connectivity index (χ0) is 20.6. The molecule has 0 radical (unpaired) electrons. The topological polar surface area (TPSA) is 163 Å². The van der Waals surface area contributed by atoms with E-state index in [0.29, 0.717) is 5.39 Å². The standard InChI is InChI=1S/C16H10O9S3.Na.H/c17-26(18,19)12-6-4-10-14(28(23,24)25)7-11-13(27(20,21)22)5-2-8-1-3-9(12)16(10)15(8)11;;/h1-7H,(H,17,18,19)(H,20,21,22)(H,23,24,25);;/q;+1;-1. The molecule has 0 unspecified atom stereocenters. The number of hydrogen-bond donors (Lipinski definition) is 3. The number of benzene rings is 4. The van der Waals surface area contributed by atoms with Crippen LogP contribution in [0.25, 0.3) is 32.3 Å².